The first-order valence-electron chi connectivity index (χ1n) is 12.2. The van der Waals surface area contributed by atoms with E-state index in [2.05, 4.69) is 36.1 Å². The van der Waals surface area contributed by atoms with E-state index in [-0.39, 0.29) is 17.7 Å². The lowest BCUT2D eigenvalue weighted by atomic mass is 10.0. The van der Waals surface area contributed by atoms with E-state index in [4.69, 9.17) is 11.2 Å². The summed E-state index contributed by atoms with van der Waals surface area (Å²) in [5.74, 6) is 1.93. The van der Waals surface area contributed by atoms with Crippen molar-refractivity contribution < 1.29 is 19.1 Å². The summed E-state index contributed by atoms with van der Waals surface area (Å²) in [6.45, 7) is 11.4. The Kier molecular flexibility index (Phi) is 12.7. The third kappa shape index (κ3) is 10.6. The maximum atomic E-state index is 13.8. The van der Waals surface area contributed by atoms with Crippen LogP contribution >= 0.6 is 12.6 Å². The first-order chi connectivity index (χ1) is 16.4. The molecule has 0 aliphatic heterocycles. The molecule has 1 rings (SSSR count). The van der Waals surface area contributed by atoms with Crippen LogP contribution in [-0.4, -0.2) is 52.8 Å². The minimum absolute atomic E-state index is 0.0537. The van der Waals surface area contributed by atoms with Crippen molar-refractivity contribution in [2.24, 2.45) is 0 Å². The molecule has 0 aliphatic carbocycles. The summed E-state index contributed by atoms with van der Waals surface area (Å²) in [5.41, 5.74) is 0.602. The number of thiol groups is 1. The molecule has 0 bridgehead atoms. The van der Waals surface area contributed by atoms with Gasteiger partial charge in [0.15, 0.2) is 0 Å². The Hall–Kier alpha value is -2.66. The van der Waals surface area contributed by atoms with E-state index in [1.54, 1.807) is 45.0 Å². The van der Waals surface area contributed by atoms with Crippen molar-refractivity contribution in [2.75, 3.05) is 12.3 Å². The topological polar surface area (TPSA) is 87.7 Å². The van der Waals surface area contributed by atoms with Crippen molar-refractivity contribution in [3.8, 4) is 12.3 Å². The van der Waals surface area contributed by atoms with Crippen LogP contribution in [-0.2, 0) is 14.3 Å². The second-order valence-corrected chi connectivity index (χ2v) is 10.2. The molecule has 1 aromatic carbocycles. The molecule has 0 fully saturated rings. The highest BCUT2D eigenvalue weighted by Crippen LogP contribution is 2.24. The summed E-state index contributed by atoms with van der Waals surface area (Å²) in [6, 6.07) is 5.07. The number of hydrogen-bond acceptors (Lipinski definition) is 5. The zero-order valence-corrected chi connectivity index (χ0v) is 22.8. The van der Waals surface area contributed by atoms with Gasteiger partial charge >= 0.3 is 6.09 Å². The van der Waals surface area contributed by atoms with E-state index in [1.807, 2.05) is 13.8 Å². The van der Waals surface area contributed by atoms with Crippen molar-refractivity contribution >= 4 is 30.5 Å². The van der Waals surface area contributed by atoms with Gasteiger partial charge in [-0.05, 0) is 58.7 Å². The summed E-state index contributed by atoms with van der Waals surface area (Å²) < 4.78 is 5.33. The Balaban J connectivity index is 3.38. The van der Waals surface area contributed by atoms with Crippen molar-refractivity contribution in [1.29, 1.82) is 0 Å². The summed E-state index contributed by atoms with van der Waals surface area (Å²) in [5, 5.41) is 5.55. The molecular weight excluding hydrogens is 462 g/mol. The standard InChI is InChI=1S/C27H41N3O4S/c1-8-10-11-12-17-30(25(32)22(18-35)29-26(33)34-27(5,6)7)23(24(31)28-19(3)4)21-15-13-20(9-2)14-16-21/h2,13-16,19,22-23,35H,8,10-12,17-18H2,1,3-7H3,(H,28,31)(H,29,33). The number of benzene rings is 1. The molecule has 8 heteroatoms. The van der Waals surface area contributed by atoms with Gasteiger partial charge in [-0.1, -0.05) is 44.2 Å². The third-order valence-electron chi connectivity index (χ3n) is 5.09. The molecule has 0 aromatic heterocycles. The lowest BCUT2D eigenvalue weighted by Crippen LogP contribution is -2.54. The highest BCUT2D eigenvalue weighted by atomic mass is 32.1. The SMILES string of the molecule is C#Cc1ccc(C(C(=O)NC(C)C)N(CCCCCC)C(=O)C(CS)NC(=O)OC(C)(C)C)cc1. The lowest BCUT2D eigenvalue weighted by molar-refractivity contribution is -0.142. The van der Waals surface area contributed by atoms with Gasteiger partial charge in [0.2, 0.25) is 11.8 Å². The molecule has 2 atom stereocenters. The quantitative estimate of drug-likeness (QED) is 0.223. The molecule has 0 saturated carbocycles. The Morgan fingerprint density at radius 3 is 2.20 bits per heavy atom. The van der Waals surface area contributed by atoms with Crippen molar-refractivity contribution in [3.05, 3.63) is 35.4 Å². The second kappa shape index (κ2) is 14.7. The Morgan fingerprint density at radius 1 is 1.09 bits per heavy atom. The summed E-state index contributed by atoms with van der Waals surface area (Å²) in [7, 11) is 0. The van der Waals surface area contributed by atoms with E-state index in [0.29, 0.717) is 17.7 Å². The van der Waals surface area contributed by atoms with E-state index in [0.717, 1.165) is 25.7 Å². The van der Waals surface area contributed by atoms with Crippen molar-refractivity contribution in [2.45, 2.75) is 91.0 Å². The highest BCUT2D eigenvalue weighted by Gasteiger charge is 2.35. The molecule has 1 aromatic rings. The van der Waals surface area contributed by atoms with E-state index >= 15 is 0 Å². The minimum Gasteiger partial charge on any atom is -0.444 e. The van der Waals surface area contributed by atoms with Crippen molar-refractivity contribution in [1.82, 2.24) is 15.5 Å². The Morgan fingerprint density at radius 2 is 1.71 bits per heavy atom. The summed E-state index contributed by atoms with van der Waals surface area (Å²) in [4.78, 5) is 41.1. The Labute approximate surface area is 216 Å². The predicted octanol–water partition coefficient (Wildman–Crippen LogP) is 4.47. The maximum absolute atomic E-state index is 13.8. The first kappa shape index (κ1) is 30.4. The average molecular weight is 504 g/mol. The third-order valence-corrected chi connectivity index (χ3v) is 5.46. The lowest BCUT2D eigenvalue weighted by Gasteiger charge is -2.34. The number of ether oxygens (including phenoxy) is 1. The number of carbonyl (C=O) groups excluding carboxylic acids is 3. The number of nitrogens with one attached hydrogen (secondary N) is 2. The van der Waals surface area contributed by atoms with Gasteiger partial charge in [0.05, 0.1) is 0 Å². The largest absolute Gasteiger partial charge is 0.444 e. The second-order valence-electron chi connectivity index (χ2n) is 9.81. The van der Waals surface area contributed by atoms with Gasteiger partial charge in [-0.25, -0.2) is 4.79 Å². The molecule has 0 radical (unpaired) electrons. The van der Waals surface area contributed by atoms with Gasteiger partial charge < -0.3 is 20.3 Å². The van der Waals surface area contributed by atoms with Crippen LogP contribution in [0.15, 0.2) is 24.3 Å². The molecule has 0 spiro atoms. The number of alkyl carbamates (subject to hydrolysis) is 1. The predicted molar refractivity (Wildman–Crippen MR) is 143 cm³/mol. The summed E-state index contributed by atoms with van der Waals surface area (Å²) in [6.07, 6.45) is 8.49. The number of nitrogens with zero attached hydrogens (tertiary/aromatic N) is 1. The molecule has 2 unspecified atom stereocenters. The normalized spacial score (nSPS) is 12.9. The van der Waals surface area contributed by atoms with E-state index in [9.17, 15) is 14.4 Å². The number of carbonyl (C=O) groups is 3. The Bertz CT molecular complexity index is 872. The molecule has 2 N–H and O–H groups in total. The average Bonchev–Trinajstić information content (AvgIpc) is 2.77. The summed E-state index contributed by atoms with van der Waals surface area (Å²) >= 11 is 4.31. The van der Waals surface area contributed by atoms with Crippen LogP contribution in [0.25, 0.3) is 0 Å². The van der Waals surface area contributed by atoms with Crippen LogP contribution in [0.5, 0.6) is 0 Å². The fourth-order valence-corrected chi connectivity index (χ4v) is 3.76. The first-order valence-corrected chi connectivity index (χ1v) is 12.8. The molecule has 0 aliphatic rings. The van der Waals surface area contributed by atoms with Crippen LogP contribution < -0.4 is 10.6 Å². The number of rotatable bonds is 12. The molecule has 0 heterocycles. The molecule has 0 saturated heterocycles. The van der Waals surface area contributed by atoms with Crippen LogP contribution in [0, 0.1) is 12.3 Å². The molecule has 194 valence electrons. The van der Waals surface area contributed by atoms with E-state index < -0.39 is 29.7 Å². The van der Waals surface area contributed by atoms with Crippen molar-refractivity contribution in [3.63, 3.8) is 0 Å². The van der Waals surface area contributed by atoms with Gasteiger partial charge in [-0.15, -0.1) is 6.42 Å². The molecule has 35 heavy (non-hydrogen) atoms. The minimum atomic E-state index is -0.960. The molecule has 3 amide bonds. The van der Waals surface area contributed by atoms with Gasteiger partial charge in [0, 0.05) is 23.9 Å². The maximum Gasteiger partial charge on any atom is 0.408 e. The van der Waals surface area contributed by atoms with Gasteiger partial charge in [0.25, 0.3) is 0 Å². The van der Waals surface area contributed by atoms with E-state index in [1.165, 1.54) is 4.90 Å². The zero-order chi connectivity index (χ0) is 26.6. The zero-order valence-electron chi connectivity index (χ0n) is 21.9. The monoisotopic (exact) mass is 503 g/mol. The number of unbranched alkanes of at least 4 members (excludes halogenated alkanes) is 3. The van der Waals surface area contributed by atoms with Crippen LogP contribution in [0.4, 0.5) is 4.79 Å². The van der Waals surface area contributed by atoms with Crippen LogP contribution in [0.2, 0.25) is 0 Å². The van der Waals surface area contributed by atoms with Crippen LogP contribution in [0.1, 0.15) is 84.4 Å². The van der Waals surface area contributed by atoms with Crippen LogP contribution in [0.3, 0.4) is 0 Å². The smallest absolute Gasteiger partial charge is 0.408 e. The molecule has 7 nitrogen and oxygen atoms in total. The molecular formula is C27H41N3O4S. The van der Waals surface area contributed by atoms with Gasteiger partial charge in [-0.3, -0.25) is 9.59 Å². The highest BCUT2D eigenvalue weighted by molar-refractivity contribution is 7.80. The van der Waals surface area contributed by atoms with Gasteiger partial charge in [-0.2, -0.15) is 12.6 Å². The number of amides is 3. The number of terminal acetylenes is 1. The van der Waals surface area contributed by atoms with Gasteiger partial charge in [0.1, 0.15) is 17.7 Å². The number of hydrogen-bond donors (Lipinski definition) is 3. The fourth-order valence-electron chi connectivity index (χ4n) is 3.51. The fraction of sp³-hybridized carbons (Fsp3) is 0.593.